The first-order valence-electron chi connectivity index (χ1n) is 7.29. The van der Waals surface area contributed by atoms with Gasteiger partial charge in [-0.05, 0) is 24.8 Å². The zero-order chi connectivity index (χ0) is 15.7. The molecule has 1 aromatic rings. The van der Waals surface area contributed by atoms with Gasteiger partial charge >= 0.3 is 5.97 Å². The maximum Gasteiger partial charge on any atom is 0.311 e. The molecular weight excluding hydrogens is 296 g/mol. The number of nitrogens with zero attached hydrogens (tertiary/aromatic N) is 3. The number of fused-ring (bicyclic) bond motifs is 1. The summed E-state index contributed by atoms with van der Waals surface area (Å²) in [6, 6.07) is 0.457. The third-order valence-electron chi connectivity index (χ3n) is 5.29. The Kier molecular flexibility index (Phi) is 2.52. The van der Waals surface area contributed by atoms with Crippen LogP contribution in [0, 0.1) is 11.3 Å². The predicted molar refractivity (Wildman–Crippen MR) is 69.5 cm³/mol. The molecule has 3 atom stereocenters. The molecule has 6 nitrogen and oxygen atoms in total. The third-order valence-corrected chi connectivity index (χ3v) is 5.29. The van der Waals surface area contributed by atoms with Crippen LogP contribution >= 0.6 is 0 Å². The fourth-order valence-electron chi connectivity index (χ4n) is 3.62. The molecule has 0 spiro atoms. The maximum atomic E-state index is 13.0. The maximum absolute atomic E-state index is 13.0. The molecule has 0 bridgehead atoms. The summed E-state index contributed by atoms with van der Waals surface area (Å²) in [7, 11) is 0. The van der Waals surface area contributed by atoms with Gasteiger partial charge in [-0.2, -0.15) is 5.10 Å². The van der Waals surface area contributed by atoms with E-state index in [-0.39, 0.29) is 30.5 Å². The Balaban J connectivity index is 1.50. The van der Waals surface area contributed by atoms with Crippen LogP contribution in [0.5, 0.6) is 0 Å². The average molecular weight is 311 g/mol. The van der Waals surface area contributed by atoms with Crippen LogP contribution in [0.2, 0.25) is 0 Å². The Morgan fingerprint density at radius 3 is 2.64 bits per heavy atom. The van der Waals surface area contributed by atoms with Gasteiger partial charge < -0.3 is 10.0 Å². The first kappa shape index (κ1) is 13.7. The molecule has 3 aliphatic rings. The summed E-state index contributed by atoms with van der Waals surface area (Å²) >= 11 is 0. The van der Waals surface area contributed by atoms with Gasteiger partial charge in [0, 0.05) is 25.7 Å². The Morgan fingerprint density at radius 1 is 1.41 bits per heavy atom. The van der Waals surface area contributed by atoms with E-state index < -0.39 is 23.3 Å². The van der Waals surface area contributed by atoms with Crippen molar-refractivity contribution >= 4 is 11.9 Å². The van der Waals surface area contributed by atoms with Crippen molar-refractivity contribution in [1.29, 1.82) is 0 Å². The average Bonchev–Trinajstić information content (AvgIpc) is 2.80. The zero-order valence-corrected chi connectivity index (χ0v) is 11.7. The number of carboxylic acid groups (broad SMARTS) is 1. The lowest BCUT2D eigenvalue weighted by atomic mass is 9.62. The molecule has 2 heterocycles. The van der Waals surface area contributed by atoms with Gasteiger partial charge in [-0.15, -0.1) is 0 Å². The minimum absolute atomic E-state index is 0.0104. The second-order valence-corrected chi connectivity index (χ2v) is 6.54. The number of aliphatic carboxylic acids is 1. The molecule has 3 fully saturated rings. The fraction of sp³-hybridized carbons (Fsp3) is 0.643. The van der Waals surface area contributed by atoms with E-state index in [1.165, 1.54) is 17.2 Å². The molecule has 1 saturated heterocycles. The van der Waals surface area contributed by atoms with E-state index in [4.69, 9.17) is 0 Å². The quantitative estimate of drug-likeness (QED) is 0.915. The van der Waals surface area contributed by atoms with Crippen LogP contribution < -0.4 is 0 Å². The summed E-state index contributed by atoms with van der Waals surface area (Å²) in [4.78, 5) is 25.3. The molecule has 8 heteroatoms. The number of alkyl halides is 2. The number of aromatic nitrogens is 2. The second kappa shape index (κ2) is 4.05. The van der Waals surface area contributed by atoms with Gasteiger partial charge in [-0.1, -0.05) is 0 Å². The number of hydrogen-bond donors (Lipinski definition) is 1. The van der Waals surface area contributed by atoms with Crippen LogP contribution in [0.1, 0.15) is 35.8 Å². The first-order chi connectivity index (χ1) is 10.3. The summed E-state index contributed by atoms with van der Waals surface area (Å²) in [5.74, 6) is -3.99. The Hall–Kier alpha value is -1.99. The molecule has 2 aliphatic carbocycles. The van der Waals surface area contributed by atoms with Crippen molar-refractivity contribution in [2.45, 2.75) is 31.2 Å². The number of carbonyl (C=O) groups excluding carboxylic acids is 1. The van der Waals surface area contributed by atoms with E-state index in [2.05, 4.69) is 5.10 Å². The molecule has 0 radical (unpaired) electrons. The van der Waals surface area contributed by atoms with Gasteiger partial charge in [0.25, 0.3) is 11.8 Å². The largest absolute Gasteiger partial charge is 0.481 e. The van der Waals surface area contributed by atoms with Gasteiger partial charge in [0.15, 0.2) is 0 Å². The van der Waals surface area contributed by atoms with Crippen molar-refractivity contribution in [3.8, 4) is 0 Å². The van der Waals surface area contributed by atoms with E-state index in [9.17, 15) is 23.5 Å². The van der Waals surface area contributed by atoms with E-state index in [0.29, 0.717) is 13.0 Å². The number of likely N-dealkylation sites (tertiary alicyclic amines) is 1. The number of amides is 1. The molecule has 1 aromatic heterocycles. The van der Waals surface area contributed by atoms with E-state index in [1.54, 1.807) is 0 Å². The highest BCUT2D eigenvalue weighted by molar-refractivity contribution is 5.93. The molecule has 2 saturated carbocycles. The van der Waals surface area contributed by atoms with Crippen LogP contribution in [-0.4, -0.2) is 50.7 Å². The number of halogens is 2. The number of carboxylic acids is 1. The van der Waals surface area contributed by atoms with Crippen LogP contribution in [0.15, 0.2) is 12.3 Å². The van der Waals surface area contributed by atoms with Crippen molar-refractivity contribution in [2.24, 2.45) is 11.3 Å². The normalized spacial score (nSPS) is 34.9. The SMILES string of the molecule is O=C(c1ccn(C2CC2(F)F)n1)N1C[C@@H]2CC[C@]2(C(=O)O)C1. The molecule has 1 aliphatic heterocycles. The molecule has 1 amide bonds. The van der Waals surface area contributed by atoms with E-state index >= 15 is 0 Å². The highest BCUT2D eigenvalue weighted by Crippen LogP contribution is 2.53. The van der Waals surface area contributed by atoms with Gasteiger partial charge in [-0.25, -0.2) is 8.78 Å². The van der Waals surface area contributed by atoms with Gasteiger partial charge in [0.1, 0.15) is 11.7 Å². The predicted octanol–water partition coefficient (Wildman–Crippen LogP) is 1.40. The van der Waals surface area contributed by atoms with Crippen LogP contribution in [0.3, 0.4) is 0 Å². The summed E-state index contributed by atoms with van der Waals surface area (Å²) in [6.45, 7) is 0.579. The molecular formula is C14H15F2N3O3. The molecule has 4 rings (SSSR count). The second-order valence-electron chi connectivity index (χ2n) is 6.54. The number of rotatable bonds is 3. The summed E-state index contributed by atoms with van der Waals surface area (Å²) in [5, 5.41) is 13.3. The lowest BCUT2D eigenvalue weighted by Crippen LogP contribution is -2.46. The first-order valence-corrected chi connectivity index (χ1v) is 7.29. The van der Waals surface area contributed by atoms with Gasteiger partial charge in [-0.3, -0.25) is 14.3 Å². The van der Waals surface area contributed by atoms with Gasteiger partial charge in [0.2, 0.25) is 0 Å². The Bertz CT molecular complexity index is 674. The molecule has 0 aromatic carbocycles. The number of carbonyl (C=O) groups is 2. The molecule has 118 valence electrons. The highest BCUT2D eigenvalue weighted by atomic mass is 19.3. The van der Waals surface area contributed by atoms with Crippen molar-refractivity contribution in [2.75, 3.05) is 13.1 Å². The molecule has 1 N–H and O–H groups in total. The van der Waals surface area contributed by atoms with Crippen molar-refractivity contribution in [3.05, 3.63) is 18.0 Å². The Labute approximate surface area is 124 Å². The summed E-state index contributed by atoms with van der Waals surface area (Å²) in [5.41, 5.74) is -0.716. The monoisotopic (exact) mass is 311 g/mol. The highest BCUT2D eigenvalue weighted by Gasteiger charge is 2.60. The molecule has 1 unspecified atom stereocenters. The van der Waals surface area contributed by atoms with Gasteiger partial charge in [0.05, 0.1) is 5.41 Å². The lowest BCUT2D eigenvalue weighted by Gasteiger charge is -2.39. The summed E-state index contributed by atoms with van der Waals surface area (Å²) in [6.07, 6.45) is 2.52. The van der Waals surface area contributed by atoms with Crippen LogP contribution in [0.25, 0.3) is 0 Å². The van der Waals surface area contributed by atoms with Crippen molar-refractivity contribution in [1.82, 2.24) is 14.7 Å². The van der Waals surface area contributed by atoms with Crippen molar-refractivity contribution < 1.29 is 23.5 Å². The zero-order valence-electron chi connectivity index (χ0n) is 11.7. The third kappa shape index (κ3) is 1.72. The van der Waals surface area contributed by atoms with E-state index in [1.807, 2.05) is 0 Å². The van der Waals surface area contributed by atoms with Crippen molar-refractivity contribution in [3.63, 3.8) is 0 Å². The number of hydrogen-bond acceptors (Lipinski definition) is 3. The standard InChI is InChI=1S/C14H15F2N3O3/c15-14(16)5-10(14)19-4-2-9(17-19)11(20)18-6-8-1-3-13(8,7-18)12(21)22/h2,4,8,10H,1,3,5-7H2,(H,21,22)/t8-,10?,13-/m0/s1. The topological polar surface area (TPSA) is 75.4 Å². The minimum atomic E-state index is -2.74. The fourth-order valence-corrected chi connectivity index (χ4v) is 3.62. The van der Waals surface area contributed by atoms with Crippen LogP contribution in [-0.2, 0) is 4.79 Å². The summed E-state index contributed by atoms with van der Waals surface area (Å²) < 4.78 is 27.2. The lowest BCUT2D eigenvalue weighted by molar-refractivity contribution is -0.156. The van der Waals surface area contributed by atoms with Crippen LogP contribution in [0.4, 0.5) is 8.78 Å². The molecule has 22 heavy (non-hydrogen) atoms. The minimum Gasteiger partial charge on any atom is -0.481 e. The Morgan fingerprint density at radius 2 is 2.14 bits per heavy atom. The van der Waals surface area contributed by atoms with E-state index in [0.717, 1.165) is 11.1 Å². The smallest absolute Gasteiger partial charge is 0.311 e.